The second kappa shape index (κ2) is 30.1. The van der Waals surface area contributed by atoms with Crippen molar-refractivity contribution in [3.63, 3.8) is 0 Å². The van der Waals surface area contributed by atoms with E-state index in [9.17, 15) is 20.2 Å². The zero-order chi connectivity index (χ0) is 20.3. The maximum Gasteiger partial charge on any atom is 2.00 e. The molecule has 0 aliphatic heterocycles. The van der Waals surface area contributed by atoms with Crippen molar-refractivity contribution in [2.24, 2.45) is 33.4 Å². The smallest absolute Gasteiger partial charge is 0.457 e. The van der Waals surface area contributed by atoms with Crippen molar-refractivity contribution in [1.29, 1.82) is 0 Å². The Labute approximate surface area is 158 Å². The summed E-state index contributed by atoms with van der Waals surface area (Å²) in [6, 6.07) is 0. The van der Waals surface area contributed by atoms with E-state index in [2.05, 4.69) is 21.9 Å². The summed E-state index contributed by atoms with van der Waals surface area (Å²) in [5.74, 6) is 8.38. The van der Waals surface area contributed by atoms with E-state index >= 15 is 0 Å². The number of hydrogen-bond acceptors (Lipinski definition) is 12. The van der Waals surface area contributed by atoms with Crippen LogP contribution in [0.5, 0.6) is 0 Å². The molecule has 0 amide bonds. The molecule has 0 fully saturated rings. The number of nitrogens with two attached hydrogens (primary N) is 4. The van der Waals surface area contributed by atoms with Crippen molar-refractivity contribution >= 4 is 11.9 Å². The van der Waals surface area contributed by atoms with E-state index in [-0.39, 0.29) is 30.4 Å². The Morgan fingerprint density at radius 1 is 0.667 bits per heavy atom. The summed E-state index contributed by atoms with van der Waals surface area (Å²) in [7, 11) is 0. The molecule has 0 aliphatic carbocycles. The Hall–Kier alpha value is -3.80. The molecule has 0 aromatic heterocycles. The fourth-order valence-corrected chi connectivity index (χ4v) is 0.234. The van der Waals surface area contributed by atoms with Crippen LogP contribution in [0.15, 0.2) is 10.2 Å². The Morgan fingerprint density at radius 3 is 0.852 bits per heavy atom. The predicted molar refractivity (Wildman–Crippen MR) is 82.3 cm³/mol. The largest absolute Gasteiger partial charge is 2.00 e. The topological polar surface area (TPSA) is 438 Å². The molecule has 0 heterocycles. The zero-order valence-electron chi connectivity index (χ0n) is 12.9. The number of nitrogens with one attached hydrogen (secondary N) is 2. The van der Waals surface area contributed by atoms with Gasteiger partial charge in [0.2, 0.25) is 0 Å². The number of guanidine groups is 2. The van der Waals surface area contributed by atoms with Gasteiger partial charge in [-0.15, -0.1) is 0 Å². The van der Waals surface area contributed by atoms with E-state index in [1.54, 1.807) is 10.9 Å². The van der Waals surface area contributed by atoms with Crippen LogP contribution in [0.2, 0.25) is 0 Å². The maximum absolute atomic E-state index is 9.41. The van der Waals surface area contributed by atoms with Gasteiger partial charge in [0, 0.05) is 0 Å². The predicted octanol–water partition coefficient (Wildman–Crippen LogP) is -6.41. The molecule has 0 spiro atoms. The van der Waals surface area contributed by atoms with Gasteiger partial charge in [0.25, 0.3) is 11.9 Å². The zero-order valence-corrected chi connectivity index (χ0v) is 15.9. The molecule has 0 aromatic rings. The van der Waals surface area contributed by atoms with Gasteiger partial charge < -0.3 is 53.1 Å². The second-order valence-electron chi connectivity index (χ2n) is 2.18. The molecule has 0 aromatic carbocycles. The van der Waals surface area contributed by atoms with Gasteiger partial charge in [-0.2, -0.15) is 0 Å². The van der Waals surface area contributed by atoms with Gasteiger partial charge in [0.15, 0.2) is 10.1 Å². The van der Waals surface area contributed by atoms with Gasteiger partial charge in [-0.05, 0) is 0 Å². The van der Waals surface area contributed by atoms with Gasteiger partial charge in [-0.25, -0.2) is 31.9 Å². The van der Waals surface area contributed by atoms with Crippen LogP contribution in [0.3, 0.4) is 0 Å². The van der Waals surface area contributed by atoms with E-state index in [0.717, 1.165) is 0 Å². The van der Waals surface area contributed by atoms with E-state index in [1.165, 1.54) is 0 Å². The van der Waals surface area contributed by atoms with E-state index in [1.807, 2.05) is 0 Å². The van der Waals surface area contributed by atoms with Crippen molar-refractivity contribution in [3.8, 4) is 0 Å². The first-order valence-electron chi connectivity index (χ1n) is 4.33. The van der Waals surface area contributed by atoms with Gasteiger partial charge in [0.05, 0.1) is 10.2 Å². The quantitative estimate of drug-likeness (QED) is 0.0419. The second-order valence-corrected chi connectivity index (χ2v) is 2.18. The van der Waals surface area contributed by atoms with Crippen molar-refractivity contribution in [2.45, 2.75) is 0 Å². The summed E-state index contributed by atoms with van der Waals surface area (Å²) in [6.45, 7) is 0. The molecule has 156 valence electrons. The molecule has 0 atom stereocenters. The van der Waals surface area contributed by atoms with Crippen LogP contribution >= 0.6 is 0 Å². The van der Waals surface area contributed by atoms with Crippen LogP contribution in [0, 0.1) is 50.9 Å². The minimum absolute atomic E-state index is 0. The van der Waals surface area contributed by atoms with Crippen LogP contribution < -0.4 is 34.0 Å². The molecule has 16 N–H and O–H groups in total. The third-order valence-corrected chi connectivity index (χ3v) is 0.675. The average Bonchev–Trinajstić information content (AvgIpc) is 2.36. The molecule has 27 heavy (non-hydrogen) atoms. The SMILES string of the molecule is NN/C(N)=N/[N+](=O)[O-].NN/C(N)=N/[N+](=O)[O-].O=[N+]([O-])[O-].O=[N+]([O-])[O-].[OH3+].[OH3+].[Zn+2]. The number of hydrogen-bond donors (Lipinski definition) is 6. The van der Waals surface area contributed by atoms with Gasteiger partial charge in [0.1, 0.15) is 10.2 Å². The third kappa shape index (κ3) is 135. The van der Waals surface area contributed by atoms with Crippen molar-refractivity contribution in [2.75, 3.05) is 0 Å². The number of nitro groups is 2. The molecule has 0 radical (unpaired) electrons. The number of nitrogens with zero attached hydrogens (tertiary/aromatic N) is 6. The summed E-state index contributed by atoms with van der Waals surface area (Å²) >= 11 is 0. The van der Waals surface area contributed by atoms with Crippen molar-refractivity contribution in [3.05, 3.63) is 50.9 Å². The average molecular weight is 466 g/mol. The normalized spacial score (nSPS) is 8.22. The van der Waals surface area contributed by atoms with Crippen LogP contribution in [0.25, 0.3) is 0 Å². The van der Waals surface area contributed by atoms with E-state index < -0.39 is 32.2 Å². The number of hydrazine groups is 2. The van der Waals surface area contributed by atoms with Crippen LogP contribution in [0.4, 0.5) is 0 Å². The van der Waals surface area contributed by atoms with Gasteiger partial charge in [-0.3, -0.25) is 10.9 Å². The Kier molecular flexibility index (Phi) is 48.6. The van der Waals surface area contributed by atoms with Crippen molar-refractivity contribution in [1.82, 2.24) is 10.9 Å². The van der Waals surface area contributed by atoms with Crippen LogP contribution in [-0.2, 0) is 30.4 Å². The Balaban J connectivity index is -0.0000000399. The first kappa shape index (κ1) is 43.6. The minimum Gasteiger partial charge on any atom is -0.457 e. The fourth-order valence-electron chi connectivity index (χ4n) is 0.234. The number of hydrazone groups is 2. The van der Waals surface area contributed by atoms with E-state index in [4.69, 9.17) is 42.1 Å². The summed E-state index contributed by atoms with van der Waals surface area (Å²) < 4.78 is 0. The maximum atomic E-state index is 9.41. The summed E-state index contributed by atoms with van der Waals surface area (Å²) in [5.41, 5.74) is 13.1. The molecular weight excluding hydrogens is 449 g/mol. The Morgan fingerprint density at radius 2 is 0.815 bits per heavy atom. The monoisotopic (exact) mass is 464 g/mol. The molecule has 0 bridgehead atoms. The fraction of sp³-hybridized carbons (Fsp3) is 0. The van der Waals surface area contributed by atoms with Crippen molar-refractivity contribution < 1.29 is 50.7 Å². The summed E-state index contributed by atoms with van der Waals surface area (Å²) in [4.78, 5) is 35.3. The molecule has 0 aliphatic rings. The third-order valence-electron chi connectivity index (χ3n) is 0.675. The molecule has 0 rings (SSSR count). The van der Waals surface area contributed by atoms with Gasteiger partial charge >= 0.3 is 19.5 Å². The molecule has 0 saturated carbocycles. The van der Waals surface area contributed by atoms with Crippen LogP contribution in [-0.4, -0.2) is 32.2 Å². The molecule has 0 saturated heterocycles. The van der Waals surface area contributed by atoms with Crippen LogP contribution in [0.1, 0.15) is 0 Å². The molecule has 24 nitrogen and oxygen atoms in total. The molecule has 25 heteroatoms. The first-order chi connectivity index (χ1) is 10.8. The molecular formula is C2H16N12O12Zn+2. The van der Waals surface area contributed by atoms with Gasteiger partial charge in [-0.1, -0.05) is 0 Å². The Bertz CT molecular complexity index is 415. The standard InChI is InChI=1S/2CH5N5O2.2NO3.2H2O.Zn/c2*2-1(4-3)5-6(7)8;2*2-1(3)4;;;/h2*3H2,(H3,2,4,5);;;2*1H2;/q;;2*-1;;;+2/p+2. The summed E-state index contributed by atoms with van der Waals surface area (Å²) in [6.07, 6.45) is 0. The van der Waals surface area contributed by atoms with E-state index in [0.29, 0.717) is 0 Å². The molecule has 0 unspecified atom stereocenters. The minimum atomic E-state index is -1.75. The number of rotatable bonds is 2. The first-order valence-corrected chi connectivity index (χ1v) is 4.33. The summed E-state index contributed by atoms with van der Waals surface area (Å²) in [5, 5.41) is 51.6.